The van der Waals surface area contributed by atoms with E-state index in [9.17, 15) is 0 Å². The van der Waals surface area contributed by atoms with Gasteiger partial charge in [-0.3, -0.25) is 4.99 Å². The Hall–Kier alpha value is -1.92. The number of aromatic nitrogens is 1. The van der Waals surface area contributed by atoms with Crippen molar-refractivity contribution in [1.82, 2.24) is 20.5 Å². The molecule has 0 atom stereocenters. The number of hydrogen-bond donors (Lipinski definition) is 2. The minimum Gasteiger partial charge on any atom is -0.356 e. The first-order chi connectivity index (χ1) is 14.7. The van der Waals surface area contributed by atoms with Crippen LogP contribution < -0.4 is 10.6 Å². The van der Waals surface area contributed by atoms with Gasteiger partial charge in [-0.1, -0.05) is 30.3 Å². The van der Waals surface area contributed by atoms with E-state index in [-0.39, 0.29) is 0 Å². The zero-order chi connectivity index (χ0) is 21.0. The van der Waals surface area contributed by atoms with Gasteiger partial charge >= 0.3 is 0 Å². The molecule has 2 heterocycles. The van der Waals surface area contributed by atoms with Crippen molar-refractivity contribution in [3.05, 3.63) is 52.0 Å². The number of benzene rings is 1. The third kappa shape index (κ3) is 8.07. The first-order valence-electron chi connectivity index (χ1n) is 11.3. The van der Waals surface area contributed by atoms with Crippen LogP contribution in [0.5, 0.6) is 0 Å². The molecule has 30 heavy (non-hydrogen) atoms. The van der Waals surface area contributed by atoms with Gasteiger partial charge in [-0.2, -0.15) is 0 Å². The fourth-order valence-corrected chi connectivity index (χ4v) is 4.73. The number of hydrogen-bond acceptors (Lipinski definition) is 4. The van der Waals surface area contributed by atoms with Crippen LogP contribution in [-0.2, 0) is 12.8 Å². The highest BCUT2D eigenvalue weighted by molar-refractivity contribution is 7.09. The van der Waals surface area contributed by atoms with Crippen LogP contribution in [0.15, 0.2) is 40.7 Å². The maximum atomic E-state index is 4.50. The molecule has 0 spiro atoms. The van der Waals surface area contributed by atoms with E-state index in [1.807, 2.05) is 7.05 Å². The molecule has 3 rings (SSSR count). The minimum absolute atomic E-state index is 0.855. The standard InChI is InChI=1S/C24H37N5S/c1-20-28-23(19-30-20)10-14-27-24(25-2)26-13-6-7-15-29-16-11-22(12-17-29)18-21-8-4-3-5-9-21/h3-5,8-9,19,22H,6-7,10-18H2,1-2H3,(H2,25,26,27). The van der Waals surface area contributed by atoms with Crippen molar-refractivity contribution in [2.75, 3.05) is 39.8 Å². The van der Waals surface area contributed by atoms with Crippen LogP contribution in [0.2, 0.25) is 0 Å². The zero-order valence-electron chi connectivity index (χ0n) is 18.6. The van der Waals surface area contributed by atoms with E-state index >= 15 is 0 Å². The molecule has 0 radical (unpaired) electrons. The fraction of sp³-hybridized carbons (Fsp3) is 0.583. The summed E-state index contributed by atoms with van der Waals surface area (Å²) in [6.45, 7) is 7.61. The van der Waals surface area contributed by atoms with Gasteiger partial charge in [0, 0.05) is 31.9 Å². The number of aliphatic imine (C=N–C) groups is 1. The summed E-state index contributed by atoms with van der Waals surface area (Å²) in [4.78, 5) is 11.5. The van der Waals surface area contributed by atoms with E-state index in [2.05, 4.69) is 68.1 Å². The molecule has 164 valence electrons. The zero-order valence-corrected chi connectivity index (χ0v) is 19.4. The molecule has 0 bridgehead atoms. The van der Waals surface area contributed by atoms with Crippen molar-refractivity contribution >= 4 is 17.3 Å². The number of aryl methyl sites for hydroxylation is 1. The quantitative estimate of drug-likeness (QED) is 0.343. The maximum Gasteiger partial charge on any atom is 0.190 e. The van der Waals surface area contributed by atoms with Gasteiger partial charge < -0.3 is 15.5 Å². The van der Waals surface area contributed by atoms with Crippen molar-refractivity contribution in [3.8, 4) is 0 Å². The topological polar surface area (TPSA) is 52.6 Å². The number of nitrogens with zero attached hydrogens (tertiary/aromatic N) is 3. The van der Waals surface area contributed by atoms with Crippen LogP contribution in [0, 0.1) is 12.8 Å². The molecule has 5 nitrogen and oxygen atoms in total. The average molecular weight is 428 g/mol. The summed E-state index contributed by atoms with van der Waals surface area (Å²) >= 11 is 1.71. The molecule has 6 heteroatoms. The summed E-state index contributed by atoms with van der Waals surface area (Å²) in [5.41, 5.74) is 2.65. The lowest BCUT2D eigenvalue weighted by Crippen LogP contribution is -2.39. The Labute approximate surface area is 186 Å². The van der Waals surface area contributed by atoms with Gasteiger partial charge in [0.15, 0.2) is 5.96 Å². The lowest BCUT2D eigenvalue weighted by molar-refractivity contribution is 0.181. The Morgan fingerprint density at radius 1 is 1.13 bits per heavy atom. The molecule has 1 aliphatic heterocycles. The van der Waals surface area contributed by atoms with E-state index in [4.69, 9.17) is 0 Å². The van der Waals surface area contributed by atoms with Crippen molar-refractivity contribution < 1.29 is 0 Å². The fourth-order valence-electron chi connectivity index (χ4n) is 4.08. The average Bonchev–Trinajstić information content (AvgIpc) is 3.19. The van der Waals surface area contributed by atoms with Gasteiger partial charge in [-0.25, -0.2) is 4.98 Å². The Bertz CT molecular complexity index is 750. The van der Waals surface area contributed by atoms with Gasteiger partial charge in [-0.15, -0.1) is 11.3 Å². The number of unbranched alkanes of at least 4 members (excludes halogenated alkanes) is 1. The second-order valence-corrected chi connectivity index (χ2v) is 9.28. The van der Waals surface area contributed by atoms with E-state index in [0.717, 1.165) is 42.1 Å². The van der Waals surface area contributed by atoms with Gasteiger partial charge in [0.05, 0.1) is 10.7 Å². The van der Waals surface area contributed by atoms with Crippen LogP contribution in [0.1, 0.15) is 41.9 Å². The number of thiazole rings is 1. The van der Waals surface area contributed by atoms with Crippen molar-refractivity contribution in [2.24, 2.45) is 10.9 Å². The van der Waals surface area contributed by atoms with Crippen LogP contribution in [0.3, 0.4) is 0 Å². The SMILES string of the molecule is CN=C(NCCCCN1CCC(Cc2ccccc2)CC1)NCCc1csc(C)n1. The highest BCUT2D eigenvalue weighted by atomic mass is 32.1. The molecule has 0 amide bonds. The summed E-state index contributed by atoms with van der Waals surface area (Å²) in [6.07, 6.45) is 7.27. The third-order valence-electron chi connectivity index (χ3n) is 5.83. The highest BCUT2D eigenvalue weighted by Crippen LogP contribution is 2.21. The molecule has 1 aromatic carbocycles. The summed E-state index contributed by atoms with van der Waals surface area (Å²) in [5, 5.41) is 10.1. The molecule has 1 saturated heterocycles. The second-order valence-electron chi connectivity index (χ2n) is 8.22. The van der Waals surface area contributed by atoms with Gasteiger partial charge in [-0.05, 0) is 70.1 Å². The number of nitrogens with one attached hydrogen (secondary N) is 2. The minimum atomic E-state index is 0.855. The number of rotatable bonds is 10. The summed E-state index contributed by atoms with van der Waals surface area (Å²) < 4.78 is 0. The molecule has 1 fully saturated rings. The van der Waals surface area contributed by atoms with Gasteiger partial charge in [0.2, 0.25) is 0 Å². The smallest absolute Gasteiger partial charge is 0.190 e. The predicted octanol–water partition coefficient (Wildman–Crippen LogP) is 3.89. The predicted molar refractivity (Wildman–Crippen MR) is 128 cm³/mol. The molecular formula is C24H37N5S. The van der Waals surface area contributed by atoms with Crippen LogP contribution in [0.25, 0.3) is 0 Å². The van der Waals surface area contributed by atoms with Crippen molar-refractivity contribution in [1.29, 1.82) is 0 Å². The summed E-state index contributed by atoms with van der Waals surface area (Å²) in [7, 11) is 1.84. The maximum absolute atomic E-state index is 4.50. The molecule has 0 aliphatic carbocycles. The Balaban J connectivity index is 1.21. The second kappa shape index (κ2) is 12.7. The number of likely N-dealkylation sites (tertiary alicyclic amines) is 1. The van der Waals surface area contributed by atoms with Gasteiger partial charge in [0.1, 0.15) is 0 Å². The third-order valence-corrected chi connectivity index (χ3v) is 6.65. The van der Waals surface area contributed by atoms with E-state index < -0.39 is 0 Å². The molecule has 1 aromatic heterocycles. The highest BCUT2D eigenvalue weighted by Gasteiger charge is 2.18. The van der Waals surface area contributed by atoms with Crippen LogP contribution in [0.4, 0.5) is 0 Å². The van der Waals surface area contributed by atoms with Gasteiger partial charge in [0.25, 0.3) is 0 Å². The van der Waals surface area contributed by atoms with E-state index in [1.165, 1.54) is 57.3 Å². The Kier molecular flexibility index (Phi) is 9.64. The Morgan fingerprint density at radius 2 is 1.90 bits per heavy atom. The monoisotopic (exact) mass is 427 g/mol. The molecule has 2 aromatic rings. The first kappa shape index (κ1) is 22.8. The lowest BCUT2D eigenvalue weighted by Gasteiger charge is -2.32. The number of guanidine groups is 1. The van der Waals surface area contributed by atoms with Crippen molar-refractivity contribution in [2.45, 2.75) is 45.4 Å². The largest absolute Gasteiger partial charge is 0.356 e. The summed E-state index contributed by atoms with van der Waals surface area (Å²) in [6, 6.07) is 11.0. The normalized spacial score (nSPS) is 16.0. The number of piperidine rings is 1. The molecule has 2 N–H and O–H groups in total. The van der Waals surface area contributed by atoms with Crippen LogP contribution >= 0.6 is 11.3 Å². The Morgan fingerprint density at radius 3 is 2.60 bits per heavy atom. The molecule has 0 unspecified atom stereocenters. The molecular weight excluding hydrogens is 390 g/mol. The van der Waals surface area contributed by atoms with Crippen molar-refractivity contribution in [3.63, 3.8) is 0 Å². The van der Waals surface area contributed by atoms with E-state index in [0.29, 0.717) is 0 Å². The summed E-state index contributed by atoms with van der Waals surface area (Å²) in [5.74, 6) is 1.75. The van der Waals surface area contributed by atoms with Crippen LogP contribution in [-0.4, -0.2) is 55.6 Å². The first-order valence-corrected chi connectivity index (χ1v) is 12.2. The van der Waals surface area contributed by atoms with E-state index in [1.54, 1.807) is 11.3 Å². The molecule has 0 saturated carbocycles. The lowest BCUT2D eigenvalue weighted by atomic mass is 9.90. The molecule has 1 aliphatic rings.